The molecule has 0 aliphatic heterocycles. The molecule has 0 bridgehead atoms. The summed E-state index contributed by atoms with van der Waals surface area (Å²) in [6, 6.07) is 11.9. The van der Waals surface area contributed by atoms with E-state index in [9.17, 15) is 5.26 Å². The van der Waals surface area contributed by atoms with Crippen LogP contribution in [0.1, 0.15) is 28.9 Å². The van der Waals surface area contributed by atoms with Gasteiger partial charge in [-0.2, -0.15) is 5.26 Å². The van der Waals surface area contributed by atoms with Crippen molar-refractivity contribution in [2.75, 3.05) is 5.73 Å². The van der Waals surface area contributed by atoms with Gasteiger partial charge >= 0.3 is 0 Å². The molecule has 3 aromatic rings. The summed E-state index contributed by atoms with van der Waals surface area (Å²) in [5, 5.41) is 10.3. The van der Waals surface area contributed by atoms with Crippen LogP contribution in [0.2, 0.25) is 0 Å². The number of rotatable bonds is 2. The molecule has 2 aromatic heterocycles. The van der Waals surface area contributed by atoms with Crippen LogP contribution in [-0.2, 0) is 19.4 Å². The summed E-state index contributed by atoms with van der Waals surface area (Å²) in [6.45, 7) is 0.725. The van der Waals surface area contributed by atoms with Crippen LogP contribution in [0.15, 0.2) is 36.5 Å². The van der Waals surface area contributed by atoms with Gasteiger partial charge in [-0.1, -0.05) is 6.07 Å². The van der Waals surface area contributed by atoms with Gasteiger partial charge in [0.15, 0.2) is 0 Å². The second-order valence-corrected chi connectivity index (χ2v) is 5.76. The molecule has 0 fully saturated rings. The molecule has 1 aliphatic rings. The lowest BCUT2D eigenvalue weighted by Gasteiger charge is -2.11. The van der Waals surface area contributed by atoms with Gasteiger partial charge in [-0.05, 0) is 49.1 Å². The average Bonchev–Trinajstić information content (AvgIpc) is 3.11. The van der Waals surface area contributed by atoms with Crippen LogP contribution >= 0.6 is 0 Å². The van der Waals surface area contributed by atoms with Gasteiger partial charge in [0.2, 0.25) is 0 Å². The lowest BCUT2D eigenvalue weighted by molar-refractivity contribution is 0.750. The van der Waals surface area contributed by atoms with Crippen LogP contribution in [0.3, 0.4) is 0 Å². The quantitative estimate of drug-likeness (QED) is 0.737. The number of fused-ring (bicyclic) bond motifs is 3. The average molecular weight is 288 g/mol. The van der Waals surface area contributed by atoms with Crippen molar-refractivity contribution < 1.29 is 0 Å². The number of hydrogen-bond acceptors (Lipinski definition) is 3. The van der Waals surface area contributed by atoms with Gasteiger partial charge in [0.25, 0.3) is 0 Å². The normalized spacial score (nSPS) is 13.2. The third kappa shape index (κ3) is 1.86. The molecule has 0 saturated carbocycles. The minimum atomic E-state index is 0.634. The van der Waals surface area contributed by atoms with E-state index in [0.29, 0.717) is 11.3 Å². The Morgan fingerprint density at radius 1 is 1.27 bits per heavy atom. The zero-order chi connectivity index (χ0) is 15.1. The van der Waals surface area contributed by atoms with E-state index in [1.54, 1.807) is 6.07 Å². The Balaban J connectivity index is 1.96. The smallest absolute Gasteiger partial charge is 0.0992 e. The first kappa shape index (κ1) is 12.9. The molecule has 2 N–H and O–H groups in total. The fraction of sp³-hybridized carbons (Fsp3) is 0.222. The first-order valence-electron chi connectivity index (χ1n) is 7.51. The highest BCUT2D eigenvalue weighted by molar-refractivity contribution is 5.96. The maximum absolute atomic E-state index is 9.19. The molecule has 1 aromatic carbocycles. The zero-order valence-electron chi connectivity index (χ0n) is 12.2. The molecule has 4 heteroatoms. The maximum atomic E-state index is 9.19. The highest BCUT2D eigenvalue weighted by atomic mass is 15.0. The Labute approximate surface area is 128 Å². The molecule has 0 amide bonds. The number of benzene rings is 1. The number of aromatic nitrogens is 2. The molecule has 0 spiro atoms. The van der Waals surface area contributed by atoms with E-state index < -0.39 is 0 Å². The van der Waals surface area contributed by atoms with E-state index in [1.807, 2.05) is 30.5 Å². The molecular weight excluding hydrogens is 272 g/mol. The highest BCUT2D eigenvalue weighted by Gasteiger charge is 2.23. The Morgan fingerprint density at radius 2 is 2.18 bits per heavy atom. The van der Waals surface area contributed by atoms with E-state index in [1.165, 1.54) is 17.7 Å². The van der Waals surface area contributed by atoms with Crippen molar-refractivity contribution in [2.45, 2.75) is 25.8 Å². The lowest BCUT2D eigenvalue weighted by Crippen LogP contribution is -2.06. The summed E-state index contributed by atoms with van der Waals surface area (Å²) >= 11 is 0. The van der Waals surface area contributed by atoms with E-state index in [2.05, 4.69) is 15.6 Å². The van der Waals surface area contributed by atoms with E-state index in [-0.39, 0.29) is 0 Å². The van der Waals surface area contributed by atoms with Crippen molar-refractivity contribution in [1.82, 2.24) is 9.55 Å². The number of nitriles is 1. The van der Waals surface area contributed by atoms with Gasteiger partial charge in [0.05, 0.1) is 35.1 Å². The van der Waals surface area contributed by atoms with Gasteiger partial charge < -0.3 is 10.3 Å². The van der Waals surface area contributed by atoms with Crippen LogP contribution in [0, 0.1) is 11.3 Å². The van der Waals surface area contributed by atoms with Crippen molar-refractivity contribution in [3.8, 4) is 6.07 Å². The Hall–Kier alpha value is -2.80. The summed E-state index contributed by atoms with van der Waals surface area (Å²) in [5.41, 5.74) is 12.4. The third-order valence-electron chi connectivity index (χ3n) is 4.42. The Morgan fingerprint density at radius 3 is 2.95 bits per heavy atom. The number of nitrogen functional groups attached to an aromatic ring is 1. The number of nitrogens with zero attached hydrogens (tertiary/aromatic N) is 3. The summed E-state index contributed by atoms with van der Waals surface area (Å²) < 4.78 is 2.29. The molecule has 22 heavy (non-hydrogen) atoms. The van der Waals surface area contributed by atoms with Crippen LogP contribution in [-0.4, -0.2) is 9.55 Å². The molecule has 1 aliphatic carbocycles. The largest absolute Gasteiger partial charge is 0.397 e. The molecule has 0 unspecified atom stereocenters. The molecule has 0 atom stereocenters. The minimum absolute atomic E-state index is 0.634. The number of hydrogen-bond donors (Lipinski definition) is 1. The Kier molecular flexibility index (Phi) is 2.87. The summed E-state index contributed by atoms with van der Waals surface area (Å²) in [7, 11) is 0. The minimum Gasteiger partial charge on any atom is -0.397 e. The Bertz CT molecular complexity index is 900. The number of anilines is 1. The van der Waals surface area contributed by atoms with E-state index >= 15 is 0 Å². The first-order valence-corrected chi connectivity index (χ1v) is 7.51. The summed E-state index contributed by atoms with van der Waals surface area (Å²) in [6.07, 6.45) is 5.12. The van der Waals surface area contributed by atoms with Crippen LogP contribution < -0.4 is 5.73 Å². The van der Waals surface area contributed by atoms with Gasteiger partial charge in [0, 0.05) is 17.3 Å². The summed E-state index contributed by atoms with van der Waals surface area (Å²) in [4.78, 5) is 4.44. The number of aryl methyl sites for hydroxylation is 1. The van der Waals surface area contributed by atoms with Crippen LogP contribution in [0.25, 0.3) is 10.9 Å². The van der Waals surface area contributed by atoms with Crippen molar-refractivity contribution in [1.29, 1.82) is 5.26 Å². The van der Waals surface area contributed by atoms with Crippen molar-refractivity contribution in [3.63, 3.8) is 0 Å². The highest BCUT2D eigenvalue weighted by Crippen LogP contribution is 2.36. The van der Waals surface area contributed by atoms with Gasteiger partial charge in [-0.15, -0.1) is 0 Å². The second-order valence-electron chi connectivity index (χ2n) is 5.76. The predicted molar refractivity (Wildman–Crippen MR) is 86.4 cm³/mol. The van der Waals surface area contributed by atoms with Crippen molar-refractivity contribution in [3.05, 3.63) is 59.0 Å². The molecule has 4 rings (SSSR count). The number of nitrogens with two attached hydrogens (primary N) is 1. The molecule has 108 valence electrons. The maximum Gasteiger partial charge on any atom is 0.0992 e. The molecular formula is C18H16N4. The van der Waals surface area contributed by atoms with E-state index in [0.717, 1.165) is 36.0 Å². The topological polar surface area (TPSA) is 67.6 Å². The molecule has 4 nitrogen and oxygen atoms in total. The second kappa shape index (κ2) is 4.88. The molecule has 2 heterocycles. The lowest BCUT2D eigenvalue weighted by atomic mass is 10.1. The summed E-state index contributed by atoms with van der Waals surface area (Å²) in [5.74, 6) is 0. The molecule has 0 radical (unpaired) electrons. The van der Waals surface area contributed by atoms with Crippen molar-refractivity contribution >= 4 is 16.6 Å². The SMILES string of the molecule is N#Cc1cc(N)c2c(c1)c1c(n2Cc2ccccn2)CCC1. The molecule has 0 saturated heterocycles. The predicted octanol–water partition coefficient (Wildman–Crippen LogP) is 3.03. The standard InChI is InChI=1S/C18H16N4/c19-10-12-8-15-14-5-3-6-17(14)22(18(15)16(20)9-12)11-13-4-1-2-7-21-13/h1-2,4,7-9H,3,5-6,11,20H2. The van der Waals surface area contributed by atoms with Gasteiger partial charge in [-0.3, -0.25) is 4.98 Å². The first-order chi connectivity index (χ1) is 10.8. The fourth-order valence-corrected chi connectivity index (χ4v) is 3.53. The zero-order valence-corrected chi connectivity index (χ0v) is 12.2. The monoisotopic (exact) mass is 288 g/mol. The van der Waals surface area contributed by atoms with Crippen LogP contribution in [0.5, 0.6) is 0 Å². The van der Waals surface area contributed by atoms with Crippen LogP contribution in [0.4, 0.5) is 5.69 Å². The van der Waals surface area contributed by atoms with E-state index in [4.69, 9.17) is 5.73 Å². The third-order valence-corrected chi connectivity index (χ3v) is 4.42. The fourth-order valence-electron chi connectivity index (χ4n) is 3.53. The van der Waals surface area contributed by atoms with Crippen molar-refractivity contribution in [2.24, 2.45) is 0 Å². The number of pyridine rings is 1. The van der Waals surface area contributed by atoms with Gasteiger partial charge in [0.1, 0.15) is 0 Å². The van der Waals surface area contributed by atoms with Gasteiger partial charge in [-0.25, -0.2) is 0 Å².